The lowest BCUT2D eigenvalue weighted by atomic mass is 10.0. The van der Waals surface area contributed by atoms with Crippen LogP contribution >= 0.6 is 0 Å². The Labute approximate surface area is 173 Å². The molecule has 2 aromatic carbocycles. The molecule has 1 heterocycles. The number of benzene rings is 2. The van der Waals surface area contributed by atoms with Crippen molar-refractivity contribution in [2.75, 3.05) is 11.9 Å². The smallest absolute Gasteiger partial charge is 0.339 e. The number of nitro groups is 1. The van der Waals surface area contributed by atoms with Gasteiger partial charge in [0.15, 0.2) is 6.61 Å². The highest BCUT2D eigenvalue weighted by Gasteiger charge is 2.20. The van der Waals surface area contributed by atoms with Crippen molar-refractivity contribution >= 4 is 34.2 Å². The molecule has 0 aliphatic rings. The van der Waals surface area contributed by atoms with E-state index in [0.29, 0.717) is 22.0 Å². The van der Waals surface area contributed by atoms with Gasteiger partial charge in [-0.3, -0.25) is 19.9 Å². The van der Waals surface area contributed by atoms with Gasteiger partial charge in [-0.2, -0.15) is 0 Å². The second kappa shape index (κ2) is 8.69. The number of hydrogen-bond donors (Lipinski definition) is 1. The molecular formula is C22H21N3O5. The lowest BCUT2D eigenvalue weighted by Gasteiger charge is -2.12. The topological polar surface area (TPSA) is 111 Å². The Morgan fingerprint density at radius 2 is 1.90 bits per heavy atom. The normalized spacial score (nSPS) is 10.8. The van der Waals surface area contributed by atoms with E-state index in [9.17, 15) is 19.7 Å². The van der Waals surface area contributed by atoms with Crippen molar-refractivity contribution in [1.82, 2.24) is 4.98 Å². The average Bonchev–Trinajstić information content (AvgIpc) is 2.72. The van der Waals surface area contributed by atoms with Crippen molar-refractivity contribution < 1.29 is 19.2 Å². The molecule has 0 aliphatic carbocycles. The Hall–Kier alpha value is -3.81. The maximum Gasteiger partial charge on any atom is 0.339 e. The van der Waals surface area contributed by atoms with Gasteiger partial charge < -0.3 is 10.1 Å². The minimum atomic E-state index is -0.664. The first kappa shape index (κ1) is 20.9. The first-order chi connectivity index (χ1) is 14.3. The van der Waals surface area contributed by atoms with Gasteiger partial charge in [0, 0.05) is 17.1 Å². The molecule has 0 spiro atoms. The van der Waals surface area contributed by atoms with E-state index in [1.807, 2.05) is 26.0 Å². The van der Waals surface area contributed by atoms with Crippen molar-refractivity contribution in [3.8, 4) is 0 Å². The number of amides is 1. The summed E-state index contributed by atoms with van der Waals surface area (Å²) < 4.78 is 5.20. The van der Waals surface area contributed by atoms with E-state index in [4.69, 9.17) is 4.74 Å². The molecule has 0 saturated heterocycles. The van der Waals surface area contributed by atoms with Gasteiger partial charge in [-0.1, -0.05) is 44.2 Å². The molecule has 3 aromatic rings. The second-order valence-electron chi connectivity index (χ2n) is 7.12. The van der Waals surface area contributed by atoms with Crippen LogP contribution in [-0.2, 0) is 9.53 Å². The summed E-state index contributed by atoms with van der Waals surface area (Å²) in [5.41, 5.74) is 2.11. The van der Waals surface area contributed by atoms with Gasteiger partial charge in [0.05, 0.1) is 16.0 Å². The second-order valence-corrected chi connectivity index (χ2v) is 7.12. The number of ether oxygens (including phenoxy) is 1. The zero-order chi connectivity index (χ0) is 21.8. The van der Waals surface area contributed by atoms with Crippen molar-refractivity contribution in [1.29, 1.82) is 0 Å². The standard InChI is InChI=1S/C22H21N3O5/c1-13(2)18-11-16(15-8-4-5-9-17(15)23-18)22(27)30-12-20(26)24-21-14(3)7-6-10-19(21)25(28)29/h4-11,13H,12H2,1-3H3,(H,24,26). The molecule has 30 heavy (non-hydrogen) atoms. The minimum Gasteiger partial charge on any atom is -0.452 e. The number of fused-ring (bicyclic) bond motifs is 1. The van der Waals surface area contributed by atoms with Gasteiger partial charge in [-0.15, -0.1) is 0 Å². The largest absolute Gasteiger partial charge is 0.452 e. The number of aromatic nitrogens is 1. The highest BCUT2D eigenvalue weighted by Crippen LogP contribution is 2.27. The molecule has 0 aliphatic heterocycles. The SMILES string of the molecule is Cc1cccc([N+](=O)[O-])c1NC(=O)COC(=O)c1cc(C(C)C)nc2ccccc12. The van der Waals surface area contributed by atoms with Crippen molar-refractivity contribution in [2.45, 2.75) is 26.7 Å². The first-order valence-corrected chi connectivity index (χ1v) is 9.38. The van der Waals surface area contributed by atoms with Crippen LogP contribution in [0.3, 0.4) is 0 Å². The predicted molar refractivity (Wildman–Crippen MR) is 113 cm³/mol. The van der Waals surface area contributed by atoms with Crippen LogP contribution in [0.4, 0.5) is 11.4 Å². The molecule has 154 valence electrons. The van der Waals surface area contributed by atoms with E-state index in [1.165, 1.54) is 12.1 Å². The number of para-hydroxylation sites is 2. The molecule has 1 N–H and O–H groups in total. The Balaban J connectivity index is 1.78. The first-order valence-electron chi connectivity index (χ1n) is 9.38. The molecule has 0 radical (unpaired) electrons. The average molecular weight is 407 g/mol. The lowest BCUT2D eigenvalue weighted by molar-refractivity contribution is -0.384. The molecule has 0 bridgehead atoms. The maximum absolute atomic E-state index is 12.7. The Bertz CT molecular complexity index is 1140. The quantitative estimate of drug-likeness (QED) is 0.369. The van der Waals surface area contributed by atoms with Crippen molar-refractivity contribution in [3.63, 3.8) is 0 Å². The summed E-state index contributed by atoms with van der Waals surface area (Å²) in [5, 5.41) is 14.3. The molecule has 0 atom stereocenters. The van der Waals surface area contributed by atoms with E-state index in [1.54, 1.807) is 31.2 Å². The summed E-state index contributed by atoms with van der Waals surface area (Å²) in [7, 11) is 0. The molecule has 0 fully saturated rings. The van der Waals surface area contributed by atoms with Gasteiger partial charge in [0.1, 0.15) is 5.69 Å². The van der Waals surface area contributed by atoms with E-state index < -0.39 is 23.4 Å². The summed E-state index contributed by atoms with van der Waals surface area (Å²) in [5.74, 6) is -1.22. The molecule has 0 unspecified atom stereocenters. The lowest BCUT2D eigenvalue weighted by Crippen LogP contribution is -2.22. The monoisotopic (exact) mass is 407 g/mol. The van der Waals surface area contributed by atoms with Crippen LogP contribution in [0.1, 0.15) is 41.4 Å². The number of anilines is 1. The molecule has 1 amide bonds. The zero-order valence-corrected chi connectivity index (χ0v) is 16.8. The van der Waals surface area contributed by atoms with Gasteiger partial charge in [0.2, 0.25) is 0 Å². The Morgan fingerprint density at radius 3 is 2.60 bits per heavy atom. The number of carbonyl (C=O) groups is 2. The number of hydrogen-bond acceptors (Lipinski definition) is 6. The molecule has 8 nitrogen and oxygen atoms in total. The maximum atomic E-state index is 12.7. The van der Waals surface area contributed by atoms with Crippen molar-refractivity contribution in [2.24, 2.45) is 0 Å². The third-order valence-electron chi connectivity index (χ3n) is 4.59. The van der Waals surface area contributed by atoms with Crippen LogP contribution in [0.25, 0.3) is 10.9 Å². The fourth-order valence-corrected chi connectivity index (χ4v) is 3.01. The summed E-state index contributed by atoms with van der Waals surface area (Å²) in [6.45, 7) is 5.01. The number of esters is 1. The number of carbonyl (C=O) groups excluding carboxylic acids is 2. The summed E-state index contributed by atoms with van der Waals surface area (Å²) >= 11 is 0. The minimum absolute atomic E-state index is 0.0833. The van der Waals surface area contributed by atoms with Gasteiger partial charge in [0.25, 0.3) is 11.6 Å². The highest BCUT2D eigenvalue weighted by molar-refractivity contribution is 6.04. The number of rotatable bonds is 6. The molecule has 0 saturated carbocycles. The fraction of sp³-hybridized carbons (Fsp3) is 0.227. The van der Waals surface area contributed by atoms with Crippen LogP contribution in [0.2, 0.25) is 0 Å². The Morgan fingerprint density at radius 1 is 1.17 bits per heavy atom. The number of aryl methyl sites for hydroxylation is 1. The molecular weight excluding hydrogens is 386 g/mol. The van der Waals surface area contributed by atoms with Crippen LogP contribution in [0.15, 0.2) is 48.5 Å². The predicted octanol–water partition coefficient (Wildman–Crippen LogP) is 4.37. The number of nitrogens with zero attached hydrogens (tertiary/aromatic N) is 2. The zero-order valence-electron chi connectivity index (χ0n) is 16.8. The highest BCUT2D eigenvalue weighted by atomic mass is 16.6. The number of nitro benzene ring substituents is 1. The summed E-state index contributed by atoms with van der Waals surface area (Å²) in [6.07, 6.45) is 0. The third kappa shape index (κ3) is 4.43. The van der Waals surface area contributed by atoms with Crippen LogP contribution in [0.5, 0.6) is 0 Å². The van der Waals surface area contributed by atoms with Crippen molar-refractivity contribution in [3.05, 3.63) is 75.5 Å². The van der Waals surface area contributed by atoms with Gasteiger partial charge in [-0.25, -0.2) is 4.79 Å². The summed E-state index contributed by atoms with van der Waals surface area (Å²) in [4.78, 5) is 40.1. The van der Waals surface area contributed by atoms with E-state index in [2.05, 4.69) is 10.3 Å². The number of nitrogens with one attached hydrogen (secondary N) is 1. The fourth-order valence-electron chi connectivity index (χ4n) is 3.01. The van der Waals surface area contributed by atoms with E-state index >= 15 is 0 Å². The Kier molecular flexibility index (Phi) is 6.06. The van der Waals surface area contributed by atoms with E-state index in [-0.39, 0.29) is 17.3 Å². The van der Waals surface area contributed by atoms with Crippen LogP contribution in [-0.4, -0.2) is 28.4 Å². The third-order valence-corrected chi connectivity index (χ3v) is 4.59. The molecule has 1 aromatic heterocycles. The molecule has 3 rings (SSSR count). The van der Waals surface area contributed by atoms with Crippen LogP contribution in [0, 0.1) is 17.0 Å². The molecule has 8 heteroatoms. The summed E-state index contributed by atoms with van der Waals surface area (Å²) in [6, 6.07) is 13.3. The van der Waals surface area contributed by atoms with Crippen LogP contribution < -0.4 is 5.32 Å². The van der Waals surface area contributed by atoms with Gasteiger partial charge in [-0.05, 0) is 30.5 Å². The van der Waals surface area contributed by atoms with E-state index in [0.717, 1.165) is 5.69 Å². The van der Waals surface area contributed by atoms with Gasteiger partial charge >= 0.3 is 5.97 Å². The number of pyridine rings is 1.